The van der Waals surface area contributed by atoms with E-state index < -0.39 is 27.3 Å². The number of hydrogen-bond donors (Lipinski definition) is 1. The van der Waals surface area contributed by atoms with E-state index >= 15 is 0 Å². The molecule has 28 heavy (non-hydrogen) atoms. The summed E-state index contributed by atoms with van der Waals surface area (Å²) in [5, 5.41) is 2.76. The van der Waals surface area contributed by atoms with Crippen LogP contribution in [0, 0.1) is 5.41 Å². The van der Waals surface area contributed by atoms with E-state index in [1.807, 2.05) is 6.92 Å². The maximum Gasteiger partial charge on any atom is 0.255 e. The highest BCUT2D eigenvalue weighted by atomic mass is 32.2. The van der Waals surface area contributed by atoms with Gasteiger partial charge in [0.25, 0.3) is 5.91 Å². The molecular weight excluding hydrogens is 380 g/mol. The van der Waals surface area contributed by atoms with E-state index in [2.05, 4.69) is 5.32 Å². The molecule has 148 valence electrons. The molecule has 0 unspecified atom stereocenters. The van der Waals surface area contributed by atoms with E-state index in [0.717, 1.165) is 4.31 Å². The van der Waals surface area contributed by atoms with Gasteiger partial charge in [-0.2, -0.15) is 0 Å². The van der Waals surface area contributed by atoms with E-state index in [-0.39, 0.29) is 17.0 Å². The molecule has 0 radical (unpaired) electrons. The second-order valence-electron chi connectivity index (χ2n) is 7.14. The lowest BCUT2D eigenvalue weighted by molar-refractivity contribution is -0.123. The number of nitrogens with one attached hydrogen (secondary N) is 1. The van der Waals surface area contributed by atoms with Crippen LogP contribution in [-0.4, -0.2) is 32.6 Å². The van der Waals surface area contributed by atoms with Crippen molar-refractivity contribution in [1.29, 1.82) is 0 Å². The van der Waals surface area contributed by atoms with Gasteiger partial charge in [0.1, 0.15) is 5.75 Å². The maximum absolute atomic E-state index is 12.7. The van der Waals surface area contributed by atoms with Gasteiger partial charge in [-0.15, -0.1) is 0 Å². The Morgan fingerprint density at radius 3 is 2.54 bits per heavy atom. The van der Waals surface area contributed by atoms with Crippen molar-refractivity contribution in [2.75, 3.05) is 22.0 Å². The fourth-order valence-electron chi connectivity index (χ4n) is 3.08. The molecule has 0 spiro atoms. The Morgan fingerprint density at radius 2 is 1.89 bits per heavy atom. The van der Waals surface area contributed by atoms with Gasteiger partial charge < -0.3 is 10.1 Å². The number of ether oxygens (including phenoxy) is 1. The van der Waals surface area contributed by atoms with Gasteiger partial charge in [-0.3, -0.25) is 9.59 Å². The molecule has 0 bridgehead atoms. The number of sulfonamides is 1. The molecule has 0 aliphatic carbocycles. The molecule has 8 heteroatoms. The van der Waals surface area contributed by atoms with Crippen molar-refractivity contribution in [3.05, 3.63) is 54.1 Å². The van der Waals surface area contributed by atoms with Crippen LogP contribution in [0.3, 0.4) is 0 Å². The lowest BCUT2D eigenvalue weighted by Gasteiger charge is -2.18. The highest BCUT2D eigenvalue weighted by Crippen LogP contribution is 2.36. The first-order chi connectivity index (χ1) is 13.2. The minimum atomic E-state index is -3.78. The second kappa shape index (κ2) is 7.27. The van der Waals surface area contributed by atoms with Crippen LogP contribution in [0.25, 0.3) is 0 Å². The summed E-state index contributed by atoms with van der Waals surface area (Å²) in [6.45, 7) is 5.48. The normalized spacial score (nSPS) is 17.4. The predicted molar refractivity (Wildman–Crippen MR) is 107 cm³/mol. The number of carbonyl (C=O) groups excluding carboxylic acids is 2. The molecule has 0 atom stereocenters. The summed E-state index contributed by atoms with van der Waals surface area (Å²) in [6, 6.07) is 13.0. The molecule has 0 aromatic heterocycles. The molecule has 1 fully saturated rings. The van der Waals surface area contributed by atoms with Crippen LogP contribution in [-0.2, 0) is 14.8 Å². The number of rotatable bonds is 5. The van der Waals surface area contributed by atoms with Crippen LogP contribution in [0.5, 0.6) is 5.75 Å². The minimum absolute atomic E-state index is 0.154. The molecule has 1 aliphatic rings. The molecule has 1 heterocycles. The van der Waals surface area contributed by atoms with E-state index in [4.69, 9.17) is 4.74 Å². The molecule has 1 saturated heterocycles. The highest BCUT2D eigenvalue weighted by Gasteiger charge is 2.49. The van der Waals surface area contributed by atoms with Crippen LogP contribution in [0.4, 0.5) is 11.4 Å². The summed E-state index contributed by atoms with van der Waals surface area (Å²) in [5.74, 6) is -0.672. The van der Waals surface area contributed by atoms with Gasteiger partial charge in [-0.05, 0) is 51.1 Å². The Morgan fingerprint density at radius 1 is 1.18 bits per heavy atom. The summed E-state index contributed by atoms with van der Waals surface area (Å²) in [4.78, 5) is 25.2. The summed E-state index contributed by atoms with van der Waals surface area (Å²) in [7, 11) is -3.78. The summed E-state index contributed by atoms with van der Waals surface area (Å²) in [6.07, 6.45) is 0. The zero-order chi connectivity index (χ0) is 20.5. The Kier molecular flexibility index (Phi) is 5.16. The molecule has 2 amide bonds. The molecule has 0 saturated carbocycles. The van der Waals surface area contributed by atoms with Crippen molar-refractivity contribution in [3.63, 3.8) is 0 Å². The first-order valence-corrected chi connectivity index (χ1v) is 10.5. The molecule has 7 nitrogen and oxygen atoms in total. The number of nitrogens with zero attached hydrogens (tertiary/aromatic N) is 1. The Bertz CT molecular complexity index is 1030. The first kappa shape index (κ1) is 19.9. The third-order valence-electron chi connectivity index (χ3n) is 4.36. The average molecular weight is 402 g/mol. The van der Waals surface area contributed by atoms with Gasteiger partial charge in [-0.1, -0.05) is 18.2 Å². The number of anilines is 2. The standard InChI is InChI=1S/C20H22N2O5S/c1-4-27-17-11-6-5-10-16(17)21-18(23)14-8-7-9-15(12-14)22-19(24)20(2,3)13-28(22,25)26/h5-12H,4,13H2,1-3H3,(H,21,23). The number of hydrogen-bond acceptors (Lipinski definition) is 5. The molecule has 3 rings (SSSR count). The third-order valence-corrected chi connectivity index (χ3v) is 6.38. The lowest BCUT2D eigenvalue weighted by Crippen LogP contribution is -2.33. The summed E-state index contributed by atoms with van der Waals surface area (Å²) < 4.78 is 31.2. The SMILES string of the molecule is CCOc1ccccc1NC(=O)c1cccc(N2C(=O)C(C)(C)CS2(=O)=O)c1. The second-order valence-corrected chi connectivity index (χ2v) is 8.96. The predicted octanol–water partition coefficient (Wildman–Crippen LogP) is 3.04. The minimum Gasteiger partial charge on any atom is -0.492 e. The topological polar surface area (TPSA) is 92.8 Å². The fraction of sp³-hybridized carbons (Fsp3) is 0.300. The lowest BCUT2D eigenvalue weighted by atomic mass is 9.95. The number of para-hydroxylation sites is 2. The van der Waals surface area contributed by atoms with E-state index in [1.54, 1.807) is 50.2 Å². The van der Waals surface area contributed by atoms with Crippen molar-refractivity contribution in [3.8, 4) is 5.75 Å². The Balaban J connectivity index is 1.90. The number of carbonyl (C=O) groups is 2. The van der Waals surface area contributed by atoms with Gasteiger partial charge >= 0.3 is 0 Å². The van der Waals surface area contributed by atoms with Crippen molar-refractivity contribution in [2.45, 2.75) is 20.8 Å². The average Bonchev–Trinajstić information content (AvgIpc) is 2.79. The van der Waals surface area contributed by atoms with Crippen molar-refractivity contribution in [2.24, 2.45) is 5.41 Å². The van der Waals surface area contributed by atoms with E-state index in [1.165, 1.54) is 12.1 Å². The van der Waals surface area contributed by atoms with Crippen molar-refractivity contribution >= 4 is 33.2 Å². The molecule has 2 aromatic rings. The summed E-state index contributed by atoms with van der Waals surface area (Å²) >= 11 is 0. The van der Waals surface area contributed by atoms with Crippen LogP contribution in [0.15, 0.2) is 48.5 Å². The van der Waals surface area contributed by atoms with Crippen LogP contribution >= 0.6 is 0 Å². The largest absolute Gasteiger partial charge is 0.492 e. The highest BCUT2D eigenvalue weighted by molar-refractivity contribution is 7.94. The third kappa shape index (κ3) is 3.73. The van der Waals surface area contributed by atoms with Crippen LogP contribution in [0.1, 0.15) is 31.1 Å². The van der Waals surface area contributed by atoms with Gasteiger partial charge in [0, 0.05) is 5.56 Å². The number of amides is 2. The van der Waals surface area contributed by atoms with Crippen molar-refractivity contribution in [1.82, 2.24) is 0 Å². The zero-order valence-corrected chi connectivity index (χ0v) is 16.7. The quantitative estimate of drug-likeness (QED) is 0.830. The zero-order valence-electron chi connectivity index (χ0n) is 15.9. The van der Waals surface area contributed by atoms with Gasteiger partial charge in [0.05, 0.1) is 29.1 Å². The Hall–Kier alpha value is -2.87. The molecule has 1 N–H and O–H groups in total. The van der Waals surface area contributed by atoms with Crippen LogP contribution in [0.2, 0.25) is 0 Å². The summed E-state index contributed by atoms with van der Waals surface area (Å²) in [5.41, 5.74) is -0.114. The Labute approximate surface area is 164 Å². The number of benzene rings is 2. The van der Waals surface area contributed by atoms with Gasteiger partial charge in [0.15, 0.2) is 0 Å². The maximum atomic E-state index is 12.7. The van der Waals surface area contributed by atoms with Gasteiger partial charge in [-0.25, -0.2) is 12.7 Å². The first-order valence-electron chi connectivity index (χ1n) is 8.86. The van der Waals surface area contributed by atoms with E-state index in [9.17, 15) is 18.0 Å². The van der Waals surface area contributed by atoms with Gasteiger partial charge in [0.2, 0.25) is 15.9 Å². The van der Waals surface area contributed by atoms with Crippen molar-refractivity contribution < 1.29 is 22.7 Å². The molecule has 2 aromatic carbocycles. The molecule has 1 aliphatic heterocycles. The van der Waals surface area contributed by atoms with Crippen LogP contribution < -0.4 is 14.4 Å². The monoisotopic (exact) mass is 402 g/mol. The fourth-order valence-corrected chi connectivity index (χ4v) is 5.18. The molecular formula is C20H22N2O5S. The smallest absolute Gasteiger partial charge is 0.255 e. The van der Waals surface area contributed by atoms with E-state index in [0.29, 0.717) is 18.0 Å².